The van der Waals surface area contributed by atoms with Gasteiger partial charge in [-0.05, 0) is 17.8 Å². The van der Waals surface area contributed by atoms with Crippen molar-refractivity contribution in [3.8, 4) is 0 Å². The van der Waals surface area contributed by atoms with E-state index in [9.17, 15) is 0 Å². The lowest BCUT2D eigenvalue weighted by Crippen LogP contribution is -2.08. The summed E-state index contributed by atoms with van der Waals surface area (Å²) in [5.74, 6) is 2.72. The molecule has 2 unspecified atom stereocenters. The quantitative estimate of drug-likeness (QED) is 0.529. The molecule has 0 radical (unpaired) electrons. The van der Waals surface area contributed by atoms with Gasteiger partial charge in [0.15, 0.2) is 0 Å². The van der Waals surface area contributed by atoms with E-state index in [1.807, 2.05) is 13.8 Å². The van der Waals surface area contributed by atoms with Gasteiger partial charge in [0.2, 0.25) is 0 Å². The van der Waals surface area contributed by atoms with E-state index in [2.05, 4.69) is 34.6 Å². The standard InChI is InChI=1S/C12H26.C2H6/c1-6-7-11(4)12(5)9-8-10(2)3;1-2/h10-12H,6-9H2,1-5H3;1-2H3. The maximum absolute atomic E-state index is 2.41. The fraction of sp³-hybridized carbons (Fsp3) is 1.00. The van der Waals surface area contributed by atoms with E-state index in [0.717, 1.165) is 17.8 Å². The molecular formula is C14H32. The highest BCUT2D eigenvalue weighted by atomic mass is 14.2. The SMILES string of the molecule is CC.CCCC(C)C(C)CCC(C)C. The van der Waals surface area contributed by atoms with E-state index in [0.29, 0.717) is 0 Å². The monoisotopic (exact) mass is 200 g/mol. The molecule has 0 aliphatic carbocycles. The van der Waals surface area contributed by atoms with Crippen LogP contribution in [0.1, 0.15) is 74.1 Å². The highest BCUT2D eigenvalue weighted by Gasteiger charge is 2.11. The van der Waals surface area contributed by atoms with Crippen molar-refractivity contribution in [2.24, 2.45) is 17.8 Å². The van der Waals surface area contributed by atoms with Crippen LogP contribution in [-0.2, 0) is 0 Å². The van der Waals surface area contributed by atoms with Crippen LogP contribution in [0.5, 0.6) is 0 Å². The molecule has 0 aromatic carbocycles. The van der Waals surface area contributed by atoms with Gasteiger partial charge in [0.1, 0.15) is 0 Å². The second-order valence-corrected chi connectivity index (χ2v) is 4.71. The van der Waals surface area contributed by atoms with E-state index in [-0.39, 0.29) is 0 Å². The molecule has 0 heterocycles. The van der Waals surface area contributed by atoms with E-state index >= 15 is 0 Å². The van der Waals surface area contributed by atoms with Crippen molar-refractivity contribution in [1.29, 1.82) is 0 Å². The lowest BCUT2D eigenvalue weighted by molar-refractivity contribution is 0.319. The molecular weight excluding hydrogens is 168 g/mol. The van der Waals surface area contributed by atoms with Crippen molar-refractivity contribution in [1.82, 2.24) is 0 Å². The van der Waals surface area contributed by atoms with Gasteiger partial charge in [-0.3, -0.25) is 0 Å². The van der Waals surface area contributed by atoms with Gasteiger partial charge in [-0.1, -0.05) is 74.1 Å². The first-order chi connectivity index (χ1) is 6.57. The molecule has 2 atom stereocenters. The van der Waals surface area contributed by atoms with Gasteiger partial charge in [0, 0.05) is 0 Å². The van der Waals surface area contributed by atoms with Gasteiger partial charge in [0.05, 0.1) is 0 Å². The molecule has 14 heavy (non-hydrogen) atoms. The Hall–Kier alpha value is 0. The van der Waals surface area contributed by atoms with Crippen LogP contribution in [0.3, 0.4) is 0 Å². The van der Waals surface area contributed by atoms with E-state index in [4.69, 9.17) is 0 Å². The molecule has 0 aliphatic heterocycles. The third-order valence-corrected chi connectivity index (χ3v) is 2.91. The van der Waals surface area contributed by atoms with Crippen LogP contribution in [0.25, 0.3) is 0 Å². The first-order valence-corrected chi connectivity index (χ1v) is 6.57. The summed E-state index contributed by atoms with van der Waals surface area (Å²) in [4.78, 5) is 0. The molecule has 0 aromatic heterocycles. The molecule has 0 rings (SSSR count). The van der Waals surface area contributed by atoms with E-state index in [1.54, 1.807) is 0 Å². The summed E-state index contributed by atoms with van der Waals surface area (Å²) >= 11 is 0. The molecule has 0 N–H and O–H groups in total. The van der Waals surface area contributed by atoms with Crippen LogP contribution >= 0.6 is 0 Å². The van der Waals surface area contributed by atoms with Gasteiger partial charge in [-0.25, -0.2) is 0 Å². The van der Waals surface area contributed by atoms with E-state index < -0.39 is 0 Å². The van der Waals surface area contributed by atoms with Gasteiger partial charge >= 0.3 is 0 Å². The van der Waals surface area contributed by atoms with Gasteiger partial charge in [-0.2, -0.15) is 0 Å². The number of hydrogen-bond donors (Lipinski definition) is 0. The Morgan fingerprint density at radius 3 is 1.50 bits per heavy atom. The average molecular weight is 200 g/mol. The Balaban J connectivity index is 0. The van der Waals surface area contributed by atoms with Gasteiger partial charge in [-0.15, -0.1) is 0 Å². The summed E-state index contributed by atoms with van der Waals surface area (Å²) in [6.45, 7) is 15.7. The zero-order chi connectivity index (χ0) is 11.6. The fourth-order valence-corrected chi connectivity index (χ4v) is 1.62. The van der Waals surface area contributed by atoms with Crippen molar-refractivity contribution in [3.05, 3.63) is 0 Å². The highest BCUT2D eigenvalue weighted by molar-refractivity contribution is 4.62. The molecule has 0 aliphatic rings. The molecule has 0 amide bonds. The zero-order valence-electron chi connectivity index (χ0n) is 11.6. The first-order valence-electron chi connectivity index (χ1n) is 6.57. The molecule has 0 saturated carbocycles. The van der Waals surface area contributed by atoms with Crippen LogP contribution in [0.4, 0.5) is 0 Å². The van der Waals surface area contributed by atoms with Gasteiger partial charge in [0.25, 0.3) is 0 Å². The van der Waals surface area contributed by atoms with Crippen molar-refractivity contribution in [2.75, 3.05) is 0 Å². The molecule has 0 nitrogen and oxygen atoms in total. The average Bonchev–Trinajstić information content (AvgIpc) is 2.17. The second kappa shape index (κ2) is 11.1. The minimum Gasteiger partial charge on any atom is -0.0683 e. The second-order valence-electron chi connectivity index (χ2n) is 4.71. The van der Waals surface area contributed by atoms with Crippen LogP contribution < -0.4 is 0 Å². The van der Waals surface area contributed by atoms with Crippen molar-refractivity contribution in [2.45, 2.75) is 74.1 Å². The smallest absolute Gasteiger partial charge is 0.0417 e. The minimum absolute atomic E-state index is 0.876. The van der Waals surface area contributed by atoms with E-state index in [1.165, 1.54) is 25.7 Å². The Bertz CT molecular complexity index is 94.2. The van der Waals surface area contributed by atoms with Gasteiger partial charge < -0.3 is 0 Å². The largest absolute Gasteiger partial charge is 0.0683 e. The van der Waals surface area contributed by atoms with Crippen LogP contribution in [0, 0.1) is 17.8 Å². The summed E-state index contributed by atoms with van der Waals surface area (Å²) in [5.41, 5.74) is 0. The molecule has 0 aromatic rings. The molecule has 0 heteroatoms. The Labute approximate surface area is 92.5 Å². The highest BCUT2D eigenvalue weighted by Crippen LogP contribution is 2.22. The topological polar surface area (TPSA) is 0 Å². The lowest BCUT2D eigenvalue weighted by Gasteiger charge is -2.19. The van der Waals surface area contributed by atoms with Crippen LogP contribution in [0.2, 0.25) is 0 Å². The summed E-state index contributed by atoms with van der Waals surface area (Å²) < 4.78 is 0. The molecule has 0 spiro atoms. The van der Waals surface area contributed by atoms with Crippen molar-refractivity contribution >= 4 is 0 Å². The lowest BCUT2D eigenvalue weighted by atomic mass is 9.86. The third kappa shape index (κ3) is 10.1. The zero-order valence-corrected chi connectivity index (χ0v) is 11.6. The molecule has 0 fully saturated rings. The first kappa shape index (κ1) is 16.4. The summed E-state index contributed by atoms with van der Waals surface area (Å²) in [5, 5.41) is 0. The Morgan fingerprint density at radius 1 is 0.714 bits per heavy atom. The number of rotatable bonds is 6. The summed E-state index contributed by atoms with van der Waals surface area (Å²) in [7, 11) is 0. The summed E-state index contributed by atoms with van der Waals surface area (Å²) in [6, 6.07) is 0. The fourth-order valence-electron chi connectivity index (χ4n) is 1.62. The molecule has 0 saturated heterocycles. The van der Waals surface area contributed by atoms with Crippen molar-refractivity contribution < 1.29 is 0 Å². The minimum atomic E-state index is 0.876. The van der Waals surface area contributed by atoms with Crippen LogP contribution in [-0.4, -0.2) is 0 Å². The summed E-state index contributed by atoms with van der Waals surface area (Å²) in [6.07, 6.45) is 5.56. The van der Waals surface area contributed by atoms with Crippen molar-refractivity contribution in [3.63, 3.8) is 0 Å². The normalized spacial score (nSPS) is 14.6. The number of hydrogen-bond acceptors (Lipinski definition) is 0. The maximum atomic E-state index is 2.41. The maximum Gasteiger partial charge on any atom is -0.0417 e. The Kier molecular flexibility index (Phi) is 13.0. The predicted molar refractivity (Wildman–Crippen MR) is 68.7 cm³/mol. The molecule has 88 valence electrons. The molecule has 0 bridgehead atoms. The Morgan fingerprint density at radius 2 is 1.14 bits per heavy atom. The van der Waals surface area contributed by atoms with Crippen LogP contribution in [0.15, 0.2) is 0 Å². The predicted octanol–water partition coefficient (Wildman–Crippen LogP) is 5.52. The third-order valence-electron chi connectivity index (χ3n) is 2.91.